The van der Waals surface area contributed by atoms with Crippen molar-refractivity contribution in [1.82, 2.24) is 0 Å². The van der Waals surface area contributed by atoms with E-state index in [1.807, 2.05) is 0 Å². The molecule has 2 N–H and O–H groups in total. The van der Waals surface area contributed by atoms with Gasteiger partial charge in [0.1, 0.15) is 0 Å². The predicted octanol–water partition coefficient (Wildman–Crippen LogP) is 2.48. The number of nitrogens with two attached hydrogens (primary N) is 1. The van der Waals surface area contributed by atoms with Crippen molar-refractivity contribution in [2.75, 3.05) is 6.54 Å². The molecule has 0 aliphatic heterocycles. The van der Waals surface area contributed by atoms with Crippen LogP contribution in [0.1, 0.15) is 24.8 Å². The van der Waals surface area contributed by atoms with Gasteiger partial charge < -0.3 is 5.73 Å². The fourth-order valence-corrected chi connectivity index (χ4v) is 2.12. The molecule has 4 heteroatoms. The monoisotopic (exact) mass is 215 g/mol. The van der Waals surface area contributed by atoms with Gasteiger partial charge in [0.25, 0.3) is 0 Å². The van der Waals surface area contributed by atoms with Crippen LogP contribution in [0.15, 0.2) is 12.1 Å². The van der Waals surface area contributed by atoms with Crippen molar-refractivity contribution in [2.45, 2.75) is 24.7 Å². The molecule has 1 fully saturated rings. The van der Waals surface area contributed by atoms with Crippen LogP contribution in [-0.2, 0) is 5.41 Å². The van der Waals surface area contributed by atoms with E-state index in [1.165, 1.54) is 6.07 Å². The van der Waals surface area contributed by atoms with E-state index in [2.05, 4.69) is 0 Å². The molecule has 1 aromatic rings. The molecule has 1 aromatic carbocycles. The molecule has 0 aromatic heterocycles. The molecular formula is C11H12F3N. The molecule has 1 aliphatic rings. The lowest BCUT2D eigenvalue weighted by Crippen LogP contribution is -2.42. The molecule has 0 bridgehead atoms. The second-order valence-electron chi connectivity index (χ2n) is 4.06. The van der Waals surface area contributed by atoms with Crippen LogP contribution in [-0.4, -0.2) is 6.54 Å². The first-order valence-electron chi connectivity index (χ1n) is 4.95. The maximum atomic E-state index is 13.5. The van der Waals surface area contributed by atoms with Crippen molar-refractivity contribution in [3.05, 3.63) is 35.1 Å². The van der Waals surface area contributed by atoms with Crippen molar-refractivity contribution in [2.24, 2.45) is 5.73 Å². The van der Waals surface area contributed by atoms with Crippen molar-refractivity contribution < 1.29 is 13.2 Å². The Morgan fingerprint density at radius 3 is 2.27 bits per heavy atom. The van der Waals surface area contributed by atoms with Gasteiger partial charge in [0, 0.05) is 12.0 Å². The molecule has 1 aliphatic carbocycles. The zero-order valence-corrected chi connectivity index (χ0v) is 8.19. The maximum absolute atomic E-state index is 13.5. The van der Waals surface area contributed by atoms with E-state index in [0.29, 0.717) is 0 Å². The smallest absolute Gasteiger partial charge is 0.194 e. The predicted molar refractivity (Wildman–Crippen MR) is 50.9 cm³/mol. The molecule has 0 unspecified atom stereocenters. The van der Waals surface area contributed by atoms with Gasteiger partial charge in [0.2, 0.25) is 0 Å². The van der Waals surface area contributed by atoms with Gasteiger partial charge in [-0.1, -0.05) is 12.5 Å². The fourth-order valence-electron chi connectivity index (χ4n) is 2.12. The fraction of sp³-hybridized carbons (Fsp3) is 0.455. The van der Waals surface area contributed by atoms with Gasteiger partial charge in [-0.3, -0.25) is 0 Å². The largest absolute Gasteiger partial charge is 0.330 e. The first-order chi connectivity index (χ1) is 7.10. The van der Waals surface area contributed by atoms with Gasteiger partial charge in [0.15, 0.2) is 17.5 Å². The van der Waals surface area contributed by atoms with Crippen LogP contribution in [0.4, 0.5) is 13.2 Å². The lowest BCUT2D eigenvalue weighted by atomic mass is 9.64. The zero-order chi connectivity index (χ0) is 11.1. The third kappa shape index (κ3) is 1.44. The van der Waals surface area contributed by atoms with Gasteiger partial charge in [-0.25, -0.2) is 13.2 Å². The Kier molecular flexibility index (Phi) is 2.46. The average molecular weight is 215 g/mol. The Balaban J connectivity index is 2.49. The molecule has 1 nitrogen and oxygen atoms in total. The first-order valence-corrected chi connectivity index (χ1v) is 4.95. The van der Waals surface area contributed by atoms with Crippen LogP contribution < -0.4 is 5.73 Å². The lowest BCUT2D eigenvalue weighted by Gasteiger charge is -2.41. The number of halogens is 3. The Morgan fingerprint density at radius 1 is 1.13 bits per heavy atom. The van der Waals surface area contributed by atoms with Gasteiger partial charge in [-0.15, -0.1) is 0 Å². The third-order valence-corrected chi connectivity index (χ3v) is 3.31. The van der Waals surface area contributed by atoms with Crippen LogP contribution in [0, 0.1) is 17.5 Å². The van der Waals surface area contributed by atoms with Gasteiger partial charge >= 0.3 is 0 Å². The summed E-state index contributed by atoms with van der Waals surface area (Å²) in [6.07, 6.45) is 2.44. The molecule has 2 rings (SSSR count). The van der Waals surface area contributed by atoms with E-state index in [4.69, 9.17) is 5.73 Å². The normalized spacial score (nSPS) is 18.7. The summed E-state index contributed by atoms with van der Waals surface area (Å²) < 4.78 is 39.3. The number of hydrogen-bond donors (Lipinski definition) is 1. The molecule has 1 saturated carbocycles. The van der Waals surface area contributed by atoms with Crippen LogP contribution in [0.25, 0.3) is 0 Å². The second-order valence-corrected chi connectivity index (χ2v) is 4.06. The topological polar surface area (TPSA) is 26.0 Å². The highest BCUT2D eigenvalue weighted by Gasteiger charge is 2.40. The Hall–Kier alpha value is -1.03. The van der Waals surface area contributed by atoms with Crippen LogP contribution in [0.2, 0.25) is 0 Å². The molecule has 0 saturated heterocycles. The SMILES string of the molecule is NCC1(c2ccc(F)c(F)c2F)CCC1. The summed E-state index contributed by atoms with van der Waals surface area (Å²) in [7, 11) is 0. The summed E-state index contributed by atoms with van der Waals surface area (Å²) in [5.41, 5.74) is 5.32. The summed E-state index contributed by atoms with van der Waals surface area (Å²) in [6.45, 7) is 0.273. The highest BCUT2D eigenvalue weighted by atomic mass is 19.2. The lowest BCUT2D eigenvalue weighted by molar-refractivity contribution is 0.240. The van der Waals surface area contributed by atoms with Crippen molar-refractivity contribution in [3.8, 4) is 0 Å². The quantitative estimate of drug-likeness (QED) is 0.753. The van der Waals surface area contributed by atoms with Crippen LogP contribution in [0.5, 0.6) is 0 Å². The minimum absolute atomic E-state index is 0.218. The first kappa shape index (κ1) is 10.5. The molecule has 0 spiro atoms. The van der Waals surface area contributed by atoms with Gasteiger partial charge in [-0.05, 0) is 24.5 Å². The Bertz CT molecular complexity index is 380. The van der Waals surface area contributed by atoms with Crippen molar-refractivity contribution >= 4 is 0 Å². The summed E-state index contributed by atoms with van der Waals surface area (Å²) in [5, 5.41) is 0. The Morgan fingerprint density at radius 2 is 1.80 bits per heavy atom. The molecule has 0 amide bonds. The molecule has 0 heterocycles. The van der Waals surface area contributed by atoms with E-state index in [9.17, 15) is 13.2 Å². The second kappa shape index (κ2) is 3.52. The van der Waals surface area contributed by atoms with Crippen molar-refractivity contribution in [1.29, 1.82) is 0 Å². The molecule has 82 valence electrons. The van der Waals surface area contributed by atoms with Crippen molar-refractivity contribution in [3.63, 3.8) is 0 Å². The zero-order valence-electron chi connectivity index (χ0n) is 8.19. The number of rotatable bonds is 2. The van der Waals surface area contributed by atoms with E-state index < -0.39 is 22.9 Å². The van der Waals surface area contributed by atoms with E-state index in [0.717, 1.165) is 25.3 Å². The summed E-state index contributed by atoms with van der Waals surface area (Å²) in [6, 6.07) is 2.27. The van der Waals surface area contributed by atoms with Gasteiger partial charge in [0.05, 0.1) is 0 Å². The average Bonchev–Trinajstić information content (AvgIpc) is 2.17. The third-order valence-electron chi connectivity index (χ3n) is 3.31. The molecule has 15 heavy (non-hydrogen) atoms. The minimum Gasteiger partial charge on any atom is -0.330 e. The van der Waals surface area contributed by atoms with Crippen LogP contribution in [0.3, 0.4) is 0 Å². The van der Waals surface area contributed by atoms with E-state index in [1.54, 1.807) is 0 Å². The number of benzene rings is 1. The Labute approximate surface area is 86.1 Å². The minimum atomic E-state index is -1.40. The highest BCUT2D eigenvalue weighted by Crippen LogP contribution is 2.44. The van der Waals surface area contributed by atoms with Crippen LogP contribution >= 0.6 is 0 Å². The standard InChI is InChI=1S/C11H12F3N/c12-8-3-2-7(9(13)10(8)14)11(6-15)4-1-5-11/h2-3H,1,4-6,15H2. The van der Waals surface area contributed by atoms with E-state index >= 15 is 0 Å². The highest BCUT2D eigenvalue weighted by molar-refractivity contribution is 5.31. The molecular weight excluding hydrogens is 203 g/mol. The number of hydrogen-bond acceptors (Lipinski definition) is 1. The maximum Gasteiger partial charge on any atom is 0.194 e. The molecule has 0 atom stereocenters. The molecule has 0 radical (unpaired) electrons. The summed E-state index contributed by atoms with van der Waals surface area (Å²) in [5.74, 6) is -3.63. The summed E-state index contributed by atoms with van der Waals surface area (Å²) in [4.78, 5) is 0. The van der Waals surface area contributed by atoms with E-state index in [-0.39, 0.29) is 12.1 Å². The van der Waals surface area contributed by atoms with Gasteiger partial charge in [-0.2, -0.15) is 0 Å². The summed E-state index contributed by atoms with van der Waals surface area (Å²) >= 11 is 0.